The molecule has 21 heavy (non-hydrogen) atoms. The van der Waals surface area contributed by atoms with Crippen molar-refractivity contribution in [2.24, 2.45) is 0 Å². The average molecular weight is 297 g/mol. The molecule has 2 rings (SSSR count). The van der Waals surface area contributed by atoms with E-state index in [1.165, 1.54) is 0 Å². The lowest BCUT2D eigenvalue weighted by molar-refractivity contribution is 0.204. The average Bonchev–Trinajstić information content (AvgIpc) is 2.76. The maximum absolute atomic E-state index is 9.02. The van der Waals surface area contributed by atoms with Gasteiger partial charge in [0.05, 0.1) is 13.2 Å². The van der Waals surface area contributed by atoms with Crippen LogP contribution in [0.3, 0.4) is 0 Å². The highest BCUT2D eigenvalue weighted by atomic mass is 16.4. The van der Waals surface area contributed by atoms with Crippen LogP contribution in [-0.2, 0) is 6.54 Å². The van der Waals surface area contributed by atoms with E-state index in [0.717, 1.165) is 39.1 Å². The number of nitrogens with zero attached hydrogens (tertiary/aromatic N) is 4. The summed E-state index contributed by atoms with van der Waals surface area (Å²) in [6.45, 7) is 11.5. The molecule has 0 saturated carbocycles. The third-order valence-electron chi connectivity index (χ3n) is 3.50. The molecule has 0 atom stereocenters. The molecule has 0 aromatic carbocycles. The smallest absolute Gasteiger partial charge is 0.318 e. The van der Waals surface area contributed by atoms with Crippen molar-refractivity contribution in [3.8, 4) is 0 Å². The van der Waals surface area contributed by atoms with E-state index in [-0.39, 0.29) is 12.1 Å². The molecule has 1 aromatic rings. The van der Waals surface area contributed by atoms with Gasteiger partial charge < -0.3 is 19.7 Å². The van der Waals surface area contributed by atoms with Crippen molar-refractivity contribution in [3.05, 3.63) is 5.89 Å². The molecule has 1 saturated heterocycles. The van der Waals surface area contributed by atoms with Crippen LogP contribution >= 0.6 is 0 Å². The zero-order chi connectivity index (χ0) is 15.3. The first kappa shape index (κ1) is 16.2. The van der Waals surface area contributed by atoms with Crippen LogP contribution in [0.2, 0.25) is 0 Å². The van der Waals surface area contributed by atoms with Crippen molar-refractivity contribution in [2.75, 3.05) is 44.2 Å². The largest absolute Gasteiger partial charge is 0.407 e. The number of aromatic nitrogens is 2. The molecule has 0 bridgehead atoms. The molecule has 0 unspecified atom stereocenters. The van der Waals surface area contributed by atoms with Crippen LogP contribution < -0.4 is 10.2 Å². The molecule has 7 heteroatoms. The molecule has 0 amide bonds. The summed E-state index contributed by atoms with van der Waals surface area (Å²) in [7, 11) is 0. The molecule has 2 N–H and O–H groups in total. The maximum atomic E-state index is 9.02. The van der Waals surface area contributed by atoms with Gasteiger partial charge in [-0.15, -0.1) is 5.10 Å². The number of rotatable bonds is 5. The predicted molar refractivity (Wildman–Crippen MR) is 81.2 cm³/mol. The van der Waals surface area contributed by atoms with Crippen LogP contribution in [0.5, 0.6) is 0 Å². The molecule has 0 aliphatic carbocycles. The van der Waals surface area contributed by atoms with Gasteiger partial charge in [-0.2, -0.15) is 0 Å². The van der Waals surface area contributed by atoms with Gasteiger partial charge in [0, 0.05) is 31.7 Å². The van der Waals surface area contributed by atoms with Gasteiger partial charge in [-0.1, -0.05) is 5.10 Å². The summed E-state index contributed by atoms with van der Waals surface area (Å²) in [4.78, 5) is 4.39. The highest BCUT2D eigenvalue weighted by Gasteiger charge is 2.19. The Bertz CT molecular complexity index is 429. The van der Waals surface area contributed by atoms with Crippen LogP contribution in [0.15, 0.2) is 4.42 Å². The van der Waals surface area contributed by atoms with E-state index in [9.17, 15) is 0 Å². The minimum absolute atomic E-state index is 0.0298. The number of hydrogen-bond acceptors (Lipinski definition) is 7. The van der Waals surface area contributed by atoms with E-state index in [4.69, 9.17) is 9.52 Å². The summed E-state index contributed by atoms with van der Waals surface area (Å²) in [5, 5.41) is 20.6. The lowest BCUT2D eigenvalue weighted by Gasteiger charge is -2.20. The Labute approximate surface area is 126 Å². The first-order valence-electron chi connectivity index (χ1n) is 7.63. The SMILES string of the molecule is CC(C)(C)NCc1nnc(N2CCCN(CCO)CC2)o1. The molecular formula is C14H27N5O2. The fourth-order valence-corrected chi connectivity index (χ4v) is 2.31. The Kier molecular flexibility index (Phi) is 5.55. The lowest BCUT2D eigenvalue weighted by Crippen LogP contribution is -2.35. The van der Waals surface area contributed by atoms with Crippen LogP contribution in [-0.4, -0.2) is 65.1 Å². The standard InChI is InChI=1S/C14H27N5O2/c1-14(2,3)15-11-12-16-17-13(21-12)19-6-4-5-18(7-8-19)9-10-20/h15,20H,4-11H2,1-3H3. The second-order valence-electron chi connectivity index (χ2n) is 6.49. The van der Waals surface area contributed by atoms with Gasteiger partial charge >= 0.3 is 6.01 Å². The van der Waals surface area contributed by atoms with Crippen LogP contribution in [0, 0.1) is 0 Å². The zero-order valence-electron chi connectivity index (χ0n) is 13.3. The lowest BCUT2D eigenvalue weighted by atomic mass is 10.1. The number of aliphatic hydroxyl groups is 1. The number of anilines is 1. The van der Waals surface area contributed by atoms with E-state index in [1.54, 1.807) is 0 Å². The number of aliphatic hydroxyl groups excluding tert-OH is 1. The van der Waals surface area contributed by atoms with Gasteiger partial charge in [-0.05, 0) is 33.7 Å². The Balaban J connectivity index is 1.88. The molecule has 7 nitrogen and oxygen atoms in total. The summed E-state index contributed by atoms with van der Waals surface area (Å²) >= 11 is 0. The third kappa shape index (κ3) is 5.26. The van der Waals surface area contributed by atoms with Crippen LogP contribution in [0.25, 0.3) is 0 Å². The van der Waals surface area contributed by atoms with Crippen molar-refractivity contribution in [1.29, 1.82) is 0 Å². The fourth-order valence-electron chi connectivity index (χ4n) is 2.31. The summed E-state index contributed by atoms with van der Waals surface area (Å²) in [6, 6.07) is 0.603. The summed E-state index contributed by atoms with van der Waals surface area (Å²) in [5.74, 6) is 0.622. The molecule has 1 aliphatic heterocycles. The van der Waals surface area contributed by atoms with Crippen molar-refractivity contribution in [1.82, 2.24) is 20.4 Å². The summed E-state index contributed by atoms with van der Waals surface area (Å²) in [5.41, 5.74) is 0.0298. The van der Waals surface area contributed by atoms with Gasteiger partial charge in [-0.3, -0.25) is 4.90 Å². The Morgan fingerprint density at radius 3 is 2.71 bits per heavy atom. The number of nitrogens with one attached hydrogen (secondary N) is 1. The Hall–Kier alpha value is -1.18. The Morgan fingerprint density at radius 1 is 1.19 bits per heavy atom. The quantitative estimate of drug-likeness (QED) is 0.817. The topological polar surface area (TPSA) is 77.7 Å². The molecule has 1 fully saturated rings. The van der Waals surface area contributed by atoms with Crippen molar-refractivity contribution < 1.29 is 9.52 Å². The van der Waals surface area contributed by atoms with E-state index in [1.807, 2.05) is 0 Å². The summed E-state index contributed by atoms with van der Waals surface area (Å²) in [6.07, 6.45) is 1.04. The van der Waals surface area contributed by atoms with Gasteiger partial charge in [0.1, 0.15) is 0 Å². The van der Waals surface area contributed by atoms with E-state index in [0.29, 0.717) is 18.5 Å². The molecule has 2 heterocycles. The zero-order valence-corrected chi connectivity index (χ0v) is 13.3. The van der Waals surface area contributed by atoms with Crippen molar-refractivity contribution in [2.45, 2.75) is 39.3 Å². The van der Waals surface area contributed by atoms with E-state index < -0.39 is 0 Å². The summed E-state index contributed by atoms with van der Waals surface area (Å²) < 4.78 is 5.74. The maximum Gasteiger partial charge on any atom is 0.318 e. The normalized spacial score (nSPS) is 18.0. The molecular weight excluding hydrogens is 270 g/mol. The van der Waals surface area contributed by atoms with Crippen molar-refractivity contribution in [3.63, 3.8) is 0 Å². The van der Waals surface area contributed by atoms with Crippen LogP contribution in [0.4, 0.5) is 6.01 Å². The molecule has 0 spiro atoms. The molecule has 1 aromatic heterocycles. The van der Waals surface area contributed by atoms with Gasteiger partial charge in [0.25, 0.3) is 0 Å². The second kappa shape index (κ2) is 7.20. The molecule has 1 aliphatic rings. The van der Waals surface area contributed by atoms with Gasteiger partial charge in [0.2, 0.25) is 5.89 Å². The van der Waals surface area contributed by atoms with E-state index >= 15 is 0 Å². The third-order valence-corrected chi connectivity index (χ3v) is 3.50. The second-order valence-corrected chi connectivity index (χ2v) is 6.49. The monoisotopic (exact) mass is 297 g/mol. The fraction of sp³-hybridized carbons (Fsp3) is 0.857. The highest BCUT2D eigenvalue weighted by Crippen LogP contribution is 2.15. The van der Waals surface area contributed by atoms with E-state index in [2.05, 4.69) is 46.1 Å². The molecule has 0 radical (unpaired) electrons. The molecule has 120 valence electrons. The highest BCUT2D eigenvalue weighted by molar-refractivity contribution is 5.24. The minimum atomic E-state index is 0.0298. The Morgan fingerprint density at radius 2 is 2.00 bits per heavy atom. The predicted octanol–water partition coefficient (Wildman–Crippen LogP) is 0.462. The van der Waals surface area contributed by atoms with Gasteiger partial charge in [0.15, 0.2) is 0 Å². The van der Waals surface area contributed by atoms with Crippen molar-refractivity contribution >= 4 is 6.01 Å². The first-order valence-corrected chi connectivity index (χ1v) is 7.63. The van der Waals surface area contributed by atoms with Gasteiger partial charge in [-0.25, -0.2) is 0 Å². The number of β-amino-alcohol motifs (C(OH)–C–C–N with tert-alkyl or cyclic N) is 1. The number of hydrogen-bond donors (Lipinski definition) is 2. The first-order chi connectivity index (χ1) is 9.98. The minimum Gasteiger partial charge on any atom is -0.407 e. The van der Waals surface area contributed by atoms with Crippen LogP contribution in [0.1, 0.15) is 33.1 Å².